The summed E-state index contributed by atoms with van der Waals surface area (Å²) in [5, 5.41) is 6.38. The molecule has 3 rings (SSSR count). The van der Waals surface area contributed by atoms with Gasteiger partial charge in [-0.3, -0.25) is 4.79 Å². The molecule has 0 bridgehead atoms. The Morgan fingerprint density at radius 3 is 2.50 bits per heavy atom. The van der Waals surface area contributed by atoms with Crippen LogP contribution < -0.4 is 10.6 Å². The molecule has 2 N–H and O–H groups in total. The van der Waals surface area contributed by atoms with E-state index in [1.807, 2.05) is 36.4 Å². The molecule has 4 nitrogen and oxygen atoms in total. The van der Waals surface area contributed by atoms with Crippen molar-refractivity contribution in [2.45, 2.75) is 18.9 Å². The summed E-state index contributed by atoms with van der Waals surface area (Å²) in [4.78, 5) is 12.7. The van der Waals surface area contributed by atoms with E-state index in [1.54, 1.807) is 7.11 Å². The fourth-order valence-corrected chi connectivity index (χ4v) is 3.37. The average molecular weight is 350 g/mol. The minimum Gasteiger partial charge on any atom is -0.377 e. The van der Waals surface area contributed by atoms with E-state index in [9.17, 15) is 4.79 Å². The van der Waals surface area contributed by atoms with Gasteiger partial charge in [0.05, 0.1) is 6.10 Å². The number of hydrogen-bond acceptors (Lipinski definition) is 3. The molecule has 1 amide bonds. The number of ether oxygens (including phenoxy) is 1. The third-order valence-electron chi connectivity index (χ3n) is 4.76. The number of methoxy groups -OCH3 is 1. The summed E-state index contributed by atoms with van der Waals surface area (Å²) >= 11 is 0. The van der Waals surface area contributed by atoms with Crippen molar-refractivity contribution in [1.29, 1.82) is 0 Å². The van der Waals surface area contributed by atoms with Crippen molar-refractivity contribution in [3.8, 4) is 0 Å². The molecule has 1 heterocycles. The lowest BCUT2D eigenvalue weighted by Gasteiger charge is -2.22. The molecule has 0 radical (unpaired) electrons. The van der Waals surface area contributed by atoms with Crippen molar-refractivity contribution in [2.24, 2.45) is 0 Å². The van der Waals surface area contributed by atoms with Crippen LogP contribution in [0.25, 0.3) is 5.57 Å². The molecule has 4 heteroatoms. The number of benzene rings is 2. The number of nitrogens with one attached hydrogen (secondary N) is 2. The van der Waals surface area contributed by atoms with Gasteiger partial charge in [-0.1, -0.05) is 60.7 Å². The van der Waals surface area contributed by atoms with Gasteiger partial charge in [0.1, 0.15) is 0 Å². The predicted molar refractivity (Wildman–Crippen MR) is 105 cm³/mol. The second kappa shape index (κ2) is 9.32. The van der Waals surface area contributed by atoms with Crippen LogP contribution in [0.2, 0.25) is 0 Å². The zero-order valence-corrected chi connectivity index (χ0v) is 15.2. The van der Waals surface area contributed by atoms with Crippen molar-refractivity contribution in [3.63, 3.8) is 0 Å². The highest BCUT2D eigenvalue weighted by Gasteiger charge is 2.20. The summed E-state index contributed by atoms with van der Waals surface area (Å²) in [6.07, 6.45) is 1.61. The van der Waals surface area contributed by atoms with Gasteiger partial charge >= 0.3 is 0 Å². The lowest BCUT2D eigenvalue weighted by atomic mass is 9.94. The van der Waals surface area contributed by atoms with E-state index >= 15 is 0 Å². The van der Waals surface area contributed by atoms with Crippen LogP contribution in [0.1, 0.15) is 30.1 Å². The van der Waals surface area contributed by atoms with Gasteiger partial charge in [-0.05, 0) is 36.1 Å². The zero-order chi connectivity index (χ0) is 18.2. The Morgan fingerprint density at radius 2 is 1.81 bits per heavy atom. The standard InChI is InChI=1S/C22H26N2O2/c1-26-21(18-10-6-3-7-11-18)13-15-24-22(25)20-16-23-14-12-19(20)17-8-4-2-5-9-17/h2-11,21,23H,12-16H2,1H3,(H,24,25). The Labute approximate surface area is 155 Å². The number of carbonyl (C=O) groups is 1. The van der Waals surface area contributed by atoms with Crippen LogP contribution in [0.15, 0.2) is 66.2 Å². The first kappa shape index (κ1) is 18.4. The molecule has 0 aliphatic carbocycles. The molecule has 2 aromatic carbocycles. The van der Waals surface area contributed by atoms with E-state index in [-0.39, 0.29) is 12.0 Å². The molecule has 1 atom stereocenters. The summed E-state index contributed by atoms with van der Waals surface area (Å²) in [6, 6.07) is 20.3. The van der Waals surface area contributed by atoms with Crippen molar-refractivity contribution in [2.75, 3.05) is 26.7 Å². The number of rotatable bonds is 7. The van der Waals surface area contributed by atoms with E-state index < -0.39 is 0 Å². The first-order chi connectivity index (χ1) is 12.8. The molecule has 0 saturated heterocycles. The highest BCUT2D eigenvalue weighted by atomic mass is 16.5. The van der Waals surface area contributed by atoms with Crippen LogP contribution in [0, 0.1) is 0 Å². The van der Waals surface area contributed by atoms with Crippen molar-refractivity contribution >= 4 is 11.5 Å². The maximum Gasteiger partial charge on any atom is 0.248 e. The average Bonchev–Trinajstić information content (AvgIpc) is 2.72. The molecule has 1 aliphatic rings. The number of hydrogen-bond donors (Lipinski definition) is 2. The van der Waals surface area contributed by atoms with Gasteiger partial charge in [-0.2, -0.15) is 0 Å². The van der Waals surface area contributed by atoms with Crippen molar-refractivity contribution in [1.82, 2.24) is 10.6 Å². The van der Waals surface area contributed by atoms with Crippen LogP contribution in [0.4, 0.5) is 0 Å². The molecule has 0 aromatic heterocycles. The van der Waals surface area contributed by atoms with Gasteiger partial charge < -0.3 is 15.4 Å². The highest BCUT2D eigenvalue weighted by Crippen LogP contribution is 2.25. The van der Waals surface area contributed by atoms with Crippen LogP contribution in [0.5, 0.6) is 0 Å². The smallest absolute Gasteiger partial charge is 0.248 e. The van der Waals surface area contributed by atoms with Gasteiger partial charge in [0, 0.05) is 25.8 Å². The minimum absolute atomic E-state index is 0.0106. The monoisotopic (exact) mass is 350 g/mol. The Bertz CT molecular complexity index is 741. The molecular formula is C22H26N2O2. The summed E-state index contributed by atoms with van der Waals surface area (Å²) in [5.41, 5.74) is 4.26. The van der Waals surface area contributed by atoms with Crippen LogP contribution in [-0.2, 0) is 9.53 Å². The van der Waals surface area contributed by atoms with Crippen molar-refractivity contribution in [3.05, 3.63) is 77.4 Å². The molecule has 26 heavy (non-hydrogen) atoms. The first-order valence-corrected chi connectivity index (χ1v) is 9.13. The van der Waals surface area contributed by atoms with Gasteiger partial charge in [0.2, 0.25) is 5.91 Å². The summed E-state index contributed by atoms with van der Waals surface area (Å²) in [7, 11) is 1.71. The maximum atomic E-state index is 12.7. The molecule has 0 fully saturated rings. The Hall–Kier alpha value is -2.43. The van der Waals surface area contributed by atoms with Gasteiger partial charge in [0.15, 0.2) is 0 Å². The fraction of sp³-hybridized carbons (Fsp3) is 0.318. The van der Waals surface area contributed by atoms with E-state index in [1.165, 1.54) is 0 Å². The second-order valence-corrected chi connectivity index (χ2v) is 6.43. The maximum absolute atomic E-state index is 12.7. The number of amides is 1. The lowest BCUT2D eigenvalue weighted by Crippen LogP contribution is -2.35. The topological polar surface area (TPSA) is 50.4 Å². The molecule has 2 aromatic rings. The normalized spacial score (nSPS) is 15.6. The molecule has 0 saturated carbocycles. The highest BCUT2D eigenvalue weighted by molar-refractivity contribution is 6.02. The third-order valence-corrected chi connectivity index (χ3v) is 4.76. The van der Waals surface area contributed by atoms with Crippen LogP contribution in [-0.4, -0.2) is 32.7 Å². The summed E-state index contributed by atoms with van der Waals surface area (Å²) < 4.78 is 5.58. The largest absolute Gasteiger partial charge is 0.377 e. The Kier molecular flexibility index (Phi) is 6.58. The quantitative estimate of drug-likeness (QED) is 0.805. The molecule has 136 valence electrons. The molecule has 1 aliphatic heterocycles. The Balaban J connectivity index is 1.64. The Morgan fingerprint density at radius 1 is 1.12 bits per heavy atom. The predicted octanol–water partition coefficient (Wildman–Crippen LogP) is 3.33. The second-order valence-electron chi connectivity index (χ2n) is 6.43. The van der Waals surface area contributed by atoms with E-state index in [0.29, 0.717) is 13.1 Å². The van der Waals surface area contributed by atoms with Crippen molar-refractivity contribution < 1.29 is 9.53 Å². The van der Waals surface area contributed by atoms with E-state index in [4.69, 9.17) is 4.74 Å². The van der Waals surface area contributed by atoms with E-state index in [2.05, 4.69) is 34.9 Å². The number of carbonyl (C=O) groups excluding carboxylic acids is 1. The lowest BCUT2D eigenvalue weighted by molar-refractivity contribution is -0.117. The van der Waals surface area contributed by atoms with Gasteiger partial charge in [0.25, 0.3) is 0 Å². The fourth-order valence-electron chi connectivity index (χ4n) is 3.37. The zero-order valence-electron chi connectivity index (χ0n) is 15.2. The molecule has 0 spiro atoms. The summed E-state index contributed by atoms with van der Waals surface area (Å²) in [5.74, 6) is 0.0129. The van der Waals surface area contributed by atoms with E-state index in [0.717, 1.165) is 41.7 Å². The molecule has 1 unspecified atom stereocenters. The van der Waals surface area contributed by atoms with Gasteiger partial charge in [-0.25, -0.2) is 0 Å². The first-order valence-electron chi connectivity index (χ1n) is 9.13. The van der Waals surface area contributed by atoms with Crippen LogP contribution >= 0.6 is 0 Å². The van der Waals surface area contributed by atoms with Gasteiger partial charge in [-0.15, -0.1) is 0 Å². The third kappa shape index (κ3) is 4.59. The molecular weight excluding hydrogens is 324 g/mol. The minimum atomic E-state index is -0.0106. The van der Waals surface area contributed by atoms with Crippen LogP contribution in [0.3, 0.4) is 0 Å². The SMILES string of the molecule is COC(CCNC(=O)C1=C(c2ccccc2)CCNC1)c1ccccc1. The summed E-state index contributed by atoms with van der Waals surface area (Å²) in [6.45, 7) is 2.10.